The maximum Gasteiger partial charge on any atom is 0.195 e. The van der Waals surface area contributed by atoms with Gasteiger partial charge in [0.1, 0.15) is 5.82 Å². The molecule has 2 rings (SSSR count). The largest absolute Gasteiger partial charge is 0.288 e. The van der Waals surface area contributed by atoms with Gasteiger partial charge in [-0.25, -0.2) is 4.39 Å². The molecule has 0 radical (unpaired) electrons. The molecule has 0 unspecified atom stereocenters. The molecule has 0 N–H and O–H groups in total. The van der Waals surface area contributed by atoms with E-state index in [0.717, 1.165) is 16.1 Å². The van der Waals surface area contributed by atoms with Crippen LogP contribution in [0.15, 0.2) is 40.9 Å². The molecule has 0 atom stereocenters. The third-order valence-electron chi connectivity index (χ3n) is 2.60. The fraction of sp³-hybridized carbons (Fsp3) is 0.0714. The summed E-state index contributed by atoms with van der Waals surface area (Å²) in [6.45, 7) is 1.87. The standard InChI is InChI=1S/C14H9BrClFO/c1-8-6-9(2-5-12(8)15)14(18)11-4-3-10(16)7-13(11)17/h2-7H,1H3. The Morgan fingerprint density at radius 3 is 2.56 bits per heavy atom. The molecule has 0 aliphatic heterocycles. The van der Waals surface area contributed by atoms with E-state index in [1.54, 1.807) is 18.2 Å². The van der Waals surface area contributed by atoms with Crippen LogP contribution in [0.4, 0.5) is 4.39 Å². The summed E-state index contributed by atoms with van der Waals surface area (Å²) in [6, 6.07) is 9.20. The quantitative estimate of drug-likeness (QED) is 0.725. The van der Waals surface area contributed by atoms with E-state index in [1.807, 2.05) is 6.92 Å². The van der Waals surface area contributed by atoms with E-state index in [4.69, 9.17) is 11.6 Å². The normalized spacial score (nSPS) is 10.4. The van der Waals surface area contributed by atoms with Crippen LogP contribution in [-0.2, 0) is 0 Å². The van der Waals surface area contributed by atoms with E-state index >= 15 is 0 Å². The number of rotatable bonds is 2. The summed E-state index contributed by atoms with van der Waals surface area (Å²) in [5.74, 6) is -0.951. The second kappa shape index (κ2) is 5.21. The molecule has 2 aromatic carbocycles. The van der Waals surface area contributed by atoms with E-state index < -0.39 is 5.82 Å². The monoisotopic (exact) mass is 326 g/mol. The Kier molecular flexibility index (Phi) is 3.83. The van der Waals surface area contributed by atoms with Crippen LogP contribution >= 0.6 is 27.5 Å². The van der Waals surface area contributed by atoms with E-state index in [1.165, 1.54) is 12.1 Å². The molecular weight excluding hydrogens is 319 g/mol. The number of ketones is 1. The Bertz CT molecular complexity index is 625. The molecule has 2 aromatic rings. The summed E-state index contributed by atoms with van der Waals surface area (Å²) in [5, 5.41) is 0.274. The maximum atomic E-state index is 13.7. The zero-order valence-corrected chi connectivity index (χ0v) is 11.8. The molecule has 0 aliphatic carbocycles. The van der Waals surface area contributed by atoms with E-state index in [2.05, 4.69) is 15.9 Å². The summed E-state index contributed by atoms with van der Waals surface area (Å²) in [5.41, 5.74) is 1.41. The highest BCUT2D eigenvalue weighted by atomic mass is 79.9. The van der Waals surface area contributed by atoms with Gasteiger partial charge in [0.2, 0.25) is 0 Å². The van der Waals surface area contributed by atoms with Crippen molar-refractivity contribution in [2.45, 2.75) is 6.92 Å². The second-order valence-electron chi connectivity index (χ2n) is 3.92. The van der Waals surface area contributed by atoms with Crippen molar-refractivity contribution in [3.05, 3.63) is 68.4 Å². The number of carbonyl (C=O) groups excluding carboxylic acids is 1. The SMILES string of the molecule is Cc1cc(C(=O)c2ccc(Cl)cc2F)ccc1Br. The number of benzene rings is 2. The fourth-order valence-electron chi connectivity index (χ4n) is 1.62. The molecule has 0 saturated heterocycles. The van der Waals surface area contributed by atoms with Crippen LogP contribution in [0.3, 0.4) is 0 Å². The third-order valence-corrected chi connectivity index (χ3v) is 3.72. The first-order valence-corrected chi connectivity index (χ1v) is 6.42. The van der Waals surface area contributed by atoms with Gasteiger partial charge in [0.15, 0.2) is 5.78 Å². The average Bonchev–Trinajstić information content (AvgIpc) is 2.32. The van der Waals surface area contributed by atoms with Gasteiger partial charge < -0.3 is 0 Å². The van der Waals surface area contributed by atoms with Gasteiger partial charge >= 0.3 is 0 Å². The molecule has 0 spiro atoms. The van der Waals surface area contributed by atoms with Crippen LogP contribution in [0.5, 0.6) is 0 Å². The molecule has 0 aromatic heterocycles. The highest BCUT2D eigenvalue weighted by Gasteiger charge is 2.14. The van der Waals surface area contributed by atoms with Crippen LogP contribution in [0, 0.1) is 12.7 Å². The Morgan fingerprint density at radius 2 is 1.94 bits per heavy atom. The minimum absolute atomic E-state index is 0.0288. The van der Waals surface area contributed by atoms with Crippen LogP contribution in [-0.4, -0.2) is 5.78 Å². The summed E-state index contributed by atoms with van der Waals surface area (Å²) in [6.07, 6.45) is 0. The zero-order chi connectivity index (χ0) is 13.3. The predicted octanol–water partition coefficient (Wildman–Crippen LogP) is 4.78. The molecule has 4 heteroatoms. The van der Waals surface area contributed by atoms with Crippen LogP contribution in [0.2, 0.25) is 5.02 Å². The Labute approximate surface area is 118 Å². The smallest absolute Gasteiger partial charge is 0.195 e. The molecule has 0 saturated carbocycles. The third kappa shape index (κ3) is 2.62. The molecule has 0 bridgehead atoms. The summed E-state index contributed by atoms with van der Waals surface area (Å²) >= 11 is 9.01. The predicted molar refractivity (Wildman–Crippen MR) is 73.7 cm³/mol. The topological polar surface area (TPSA) is 17.1 Å². The Balaban J connectivity index is 2.44. The van der Waals surface area contributed by atoms with Crippen molar-refractivity contribution in [3.8, 4) is 0 Å². The Morgan fingerprint density at radius 1 is 1.22 bits per heavy atom. The van der Waals surface area contributed by atoms with Crippen molar-refractivity contribution in [3.63, 3.8) is 0 Å². The molecule has 92 valence electrons. The molecule has 0 fully saturated rings. The van der Waals surface area contributed by atoms with Crippen molar-refractivity contribution in [2.75, 3.05) is 0 Å². The van der Waals surface area contributed by atoms with E-state index in [0.29, 0.717) is 5.56 Å². The summed E-state index contributed by atoms with van der Waals surface area (Å²) in [4.78, 5) is 12.1. The van der Waals surface area contributed by atoms with Crippen LogP contribution in [0.1, 0.15) is 21.5 Å². The zero-order valence-electron chi connectivity index (χ0n) is 9.51. The first-order valence-electron chi connectivity index (χ1n) is 5.25. The van der Waals surface area contributed by atoms with Crippen molar-refractivity contribution in [2.24, 2.45) is 0 Å². The van der Waals surface area contributed by atoms with Crippen molar-refractivity contribution in [1.29, 1.82) is 0 Å². The minimum Gasteiger partial charge on any atom is -0.288 e. The van der Waals surface area contributed by atoms with Gasteiger partial charge in [-0.3, -0.25) is 4.79 Å². The summed E-state index contributed by atoms with van der Waals surface area (Å²) < 4.78 is 14.6. The summed E-state index contributed by atoms with van der Waals surface area (Å²) in [7, 11) is 0. The first kappa shape index (κ1) is 13.2. The van der Waals surface area contributed by atoms with Gasteiger partial charge in [0.05, 0.1) is 5.56 Å². The number of hydrogen-bond acceptors (Lipinski definition) is 1. The molecular formula is C14H9BrClFO. The first-order chi connectivity index (χ1) is 8.49. The van der Waals surface area contributed by atoms with E-state index in [-0.39, 0.29) is 16.4 Å². The minimum atomic E-state index is -0.604. The number of hydrogen-bond donors (Lipinski definition) is 0. The number of aryl methyl sites for hydroxylation is 1. The van der Waals surface area contributed by atoms with Gasteiger partial charge in [-0.2, -0.15) is 0 Å². The molecule has 0 amide bonds. The van der Waals surface area contributed by atoms with Gasteiger partial charge in [-0.15, -0.1) is 0 Å². The average molecular weight is 328 g/mol. The number of carbonyl (C=O) groups is 1. The molecule has 1 nitrogen and oxygen atoms in total. The van der Waals surface area contributed by atoms with Gasteiger partial charge in [-0.05, 0) is 48.9 Å². The lowest BCUT2D eigenvalue weighted by Crippen LogP contribution is -2.04. The lowest BCUT2D eigenvalue weighted by Gasteiger charge is -2.05. The van der Waals surface area contributed by atoms with Crippen molar-refractivity contribution < 1.29 is 9.18 Å². The highest BCUT2D eigenvalue weighted by Crippen LogP contribution is 2.21. The maximum absolute atomic E-state index is 13.7. The lowest BCUT2D eigenvalue weighted by molar-refractivity contribution is 0.103. The number of halogens is 3. The van der Waals surface area contributed by atoms with Crippen LogP contribution < -0.4 is 0 Å². The Hall–Kier alpha value is -1.19. The van der Waals surface area contributed by atoms with Crippen LogP contribution in [0.25, 0.3) is 0 Å². The van der Waals surface area contributed by atoms with Crippen molar-refractivity contribution >= 4 is 33.3 Å². The lowest BCUT2D eigenvalue weighted by atomic mass is 10.0. The highest BCUT2D eigenvalue weighted by molar-refractivity contribution is 9.10. The van der Waals surface area contributed by atoms with Crippen molar-refractivity contribution in [1.82, 2.24) is 0 Å². The van der Waals surface area contributed by atoms with Gasteiger partial charge in [-0.1, -0.05) is 27.5 Å². The van der Waals surface area contributed by atoms with E-state index in [9.17, 15) is 9.18 Å². The second-order valence-corrected chi connectivity index (χ2v) is 5.21. The molecule has 0 heterocycles. The fourth-order valence-corrected chi connectivity index (χ4v) is 2.02. The van der Waals surface area contributed by atoms with Gasteiger partial charge in [0, 0.05) is 15.1 Å². The van der Waals surface area contributed by atoms with Gasteiger partial charge in [0.25, 0.3) is 0 Å². The molecule has 18 heavy (non-hydrogen) atoms. The molecule has 0 aliphatic rings.